The third kappa shape index (κ3) is 4.46. The van der Waals surface area contributed by atoms with Crippen LogP contribution in [0.3, 0.4) is 0 Å². The van der Waals surface area contributed by atoms with E-state index in [1.165, 1.54) is 0 Å². The van der Waals surface area contributed by atoms with Gasteiger partial charge in [0.1, 0.15) is 5.82 Å². The Morgan fingerprint density at radius 1 is 1.17 bits per heavy atom. The molecule has 0 aromatic carbocycles. The Labute approximate surface area is 159 Å². The Hall–Kier alpha value is -0.280. The predicted octanol–water partition coefficient (Wildman–Crippen LogP) is 4.50. The van der Waals surface area contributed by atoms with Gasteiger partial charge >= 0.3 is 0 Å². The third-order valence-corrected chi connectivity index (χ3v) is 6.53. The highest BCUT2D eigenvalue weighted by Crippen LogP contribution is 2.33. The van der Waals surface area contributed by atoms with E-state index in [1.54, 1.807) is 0 Å². The molecule has 2 heterocycles. The van der Waals surface area contributed by atoms with E-state index < -0.39 is 5.92 Å². The standard InChI is InChI=1S/C16H22ClF2IN4/c1-10-13(20)14(23-15(17)21-10)22-11-2-4-12(5-3-11)24-8-6-16(18,19)7-9-24/h11-12H,2-9H2,1H3,(H,21,22,23)/t11-,12+. The molecule has 134 valence electrons. The molecular formula is C16H22ClF2IN4. The minimum absolute atomic E-state index is 0.00207. The van der Waals surface area contributed by atoms with Gasteiger partial charge in [0.2, 0.25) is 5.28 Å². The highest BCUT2D eigenvalue weighted by atomic mass is 127. The lowest BCUT2D eigenvalue weighted by Crippen LogP contribution is -2.47. The second-order valence-electron chi connectivity index (χ2n) is 6.78. The van der Waals surface area contributed by atoms with Crippen molar-refractivity contribution in [1.82, 2.24) is 14.9 Å². The average Bonchev–Trinajstić information content (AvgIpc) is 2.53. The summed E-state index contributed by atoms with van der Waals surface area (Å²) in [4.78, 5) is 10.7. The second kappa shape index (κ2) is 7.53. The zero-order chi connectivity index (χ0) is 17.3. The number of aryl methyl sites for hydroxylation is 1. The minimum atomic E-state index is -2.46. The van der Waals surface area contributed by atoms with E-state index in [0.717, 1.165) is 40.8 Å². The summed E-state index contributed by atoms with van der Waals surface area (Å²) in [6, 6.07) is 0.792. The summed E-state index contributed by atoms with van der Waals surface area (Å²) < 4.78 is 27.6. The van der Waals surface area contributed by atoms with Crippen LogP contribution in [-0.4, -0.2) is 46.0 Å². The normalized spacial score (nSPS) is 27.9. The van der Waals surface area contributed by atoms with Crippen molar-refractivity contribution in [3.8, 4) is 0 Å². The van der Waals surface area contributed by atoms with Crippen LogP contribution in [0.4, 0.5) is 14.6 Å². The third-order valence-electron chi connectivity index (χ3n) is 5.07. The van der Waals surface area contributed by atoms with Crippen LogP contribution >= 0.6 is 34.2 Å². The highest BCUT2D eigenvalue weighted by molar-refractivity contribution is 14.1. The Morgan fingerprint density at radius 3 is 2.42 bits per heavy atom. The fraction of sp³-hybridized carbons (Fsp3) is 0.750. The van der Waals surface area contributed by atoms with Gasteiger partial charge in [-0.2, -0.15) is 4.98 Å². The largest absolute Gasteiger partial charge is 0.366 e. The van der Waals surface area contributed by atoms with Gasteiger partial charge in [-0.3, -0.25) is 4.90 Å². The lowest BCUT2D eigenvalue weighted by molar-refractivity contribution is -0.0657. The van der Waals surface area contributed by atoms with Gasteiger partial charge in [0.25, 0.3) is 5.92 Å². The Kier molecular flexibility index (Phi) is 5.81. The fourth-order valence-electron chi connectivity index (χ4n) is 3.62. The van der Waals surface area contributed by atoms with Gasteiger partial charge in [-0.15, -0.1) is 0 Å². The summed E-state index contributed by atoms with van der Waals surface area (Å²) in [5.74, 6) is -1.66. The number of halogens is 4. The number of hydrogen-bond acceptors (Lipinski definition) is 4. The maximum Gasteiger partial charge on any atom is 0.250 e. The molecule has 0 bridgehead atoms. The van der Waals surface area contributed by atoms with E-state index in [9.17, 15) is 8.78 Å². The zero-order valence-corrected chi connectivity index (χ0v) is 16.6. The first-order chi connectivity index (χ1) is 11.3. The molecule has 1 aromatic heterocycles. The number of alkyl halides is 2. The summed E-state index contributed by atoms with van der Waals surface area (Å²) in [5, 5.41) is 3.75. The van der Waals surface area contributed by atoms with Crippen LogP contribution in [0, 0.1) is 10.5 Å². The number of hydrogen-bond donors (Lipinski definition) is 1. The van der Waals surface area contributed by atoms with Gasteiger partial charge in [-0.1, -0.05) is 0 Å². The maximum absolute atomic E-state index is 13.3. The summed E-state index contributed by atoms with van der Waals surface area (Å²) in [7, 11) is 0. The molecule has 0 radical (unpaired) electrons. The van der Waals surface area contributed by atoms with Gasteiger partial charge in [-0.25, -0.2) is 13.8 Å². The molecule has 1 aliphatic heterocycles. The summed E-state index contributed by atoms with van der Waals surface area (Å²) in [6.45, 7) is 2.96. The first kappa shape index (κ1) is 18.5. The van der Waals surface area contributed by atoms with Crippen molar-refractivity contribution in [2.75, 3.05) is 18.4 Å². The smallest absolute Gasteiger partial charge is 0.250 e. The van der Waals surface area contributed by atoms with Gasteiger partial charge in [0, 0.05) is 38.0 Å². The molecule has 2 fully saturated rings. The molecule has 1 aliphatic carbocycles. The molecule has 0 amide bonds. The van der Waals surface area contributed by atoms with Crippen LogP contribution in [0.2, 0.25) is 5.28 Å². The van der Waals surface area contributed by atoms with Crippen molar-refractivity contribution in [2.45, 2.75) is 63.5 Å². The molecule has 0 atom stereocenters. The maximum atomic E-state index is 13.3. The van der Waals surface area contributed by atoms with Crippen molar-refractivity contribution in [2.24, 2.45) is 0 Å². The van der Waals surface area contributed by atoms with E-state index in [4.69, 9.17) is 11.6 Å². The number of anilines is 1. The van der Waals surface area contributed by atoms with Crippen molar-refractivity contribution >= 4 is 40.0 Å². The Morgan fingerprint density at radius 2 is 1.79 bits per heavy atom. The lowest BCUT2D eigenvalue weighted by atomic mass is 9.89. The number of rotatable bonds is 3. The van der Waals surface area contributed by atoms with E-state index in [1.807, 2.05) is 6.92 Å². The molecule has 1 saturated carbocycles. The van der Waals surface area contributed by atoms with Crippen LogP contribution in [0.5, 0.6) is 0 Å². The molecule has 1 saturated heterocycles. The van der Waals surface area contributed by atoms with Crippen LogP contribution in [0.25, 0.3) is 0 Å². The first-order valence-corrected chi connectivity index (χ1v) is 9.88. The quantitative estimate of drug-likeness (QED) is 0.522. The SMILES string of the molecule is Cc1nc(Cl)nc(N[C@H]2CC[C@@H](N3CCC(F)(F)CC3)CC2)c1I. The number of nitrogens with one attached hydrogen (secondary N) is 1. The van der Waals surface area contributed by atoms with Gasteiger partial charge < -0.3 is 5.32 Å². The summed E-state index contributed by atoms with van der Waals surface area (Å²) in [6.07, 6.45) is 4.13. The van der Waals surface area contributed by atoms with Crippen LogP contribution in [0.15, 0.2) is 0 Å². The number of nitrogens with zero attached hydrogens (tertiary/aromatic N) is 3. The Bertz CT molecular complexity index is 584. The van der Waals surface area contributed by atoms with Crippen LogP contribution < -0.4 is 5.32 Å². The van der Waals surface area contributed by atoms with Crippen molar-refractivity contribution in [3.63, 3.8) is 0 Å². The van der Waals surface area contributed by atoms with Gasteiger partial charge in [0.15, 0.2) is 0 Å². The predicted molar refractivity (Wildman–Crippen MR) is 99.9 cm³/mol. The average molecular weight is 471 g/mol. The van der Waals surface area contributed by atoms with Crippen LogP contribution in [0.1, 0.15) is 44.2 Å². The molecule has 2 aliphatic rings. The molecule has 24 heavy (non-hydrogen) atoms. The molecule has 1 aromatic rings. The number of aromatic nitrogens is 2. The van der Waals surface area contributed by atoms with Gasteiger partial charge in [0.05, 0.1) is 9.26 Å². The van der Waals surface area contributed by atoms with Crippen molar-refractivity contribution in [3.05, 3.63) is 14.5 Å². The van der Waals surface area contributed by atoms with E-state index in [-0.39, 0.29) is 18.1 Å². The molecule has 4 nitrogen and oxygen atoms in total. The van der Waals surface area contributed by atoms with Crippen molar-refractivity contribution in [1.29, 1.82) is 0 Å². The van der Waals surface area contributed by atoms with E-state index >= 15 is 0 Å². The molecule has 3 rings (SSSR count). The van der Waals surface area contributed by atoms with E-state index in [2.05, 4.69) is 42.8 Å². The number of piperidine rings is 1. The Balaban J connectivity index is 1.53. The van der Waals surface area contributed by atoms with Gasteiger partial charge in [-0.05, 0) is 66.8 Å². The lowest BCUT2D eigenvalue weighted by Gasteiger charge is -2.40. The van der Waals surface area contributed by atoms with Crippen LogP contribution in [-0.2, 0) is 0 Å². The number of likely N-dealkylation sites (tertiary alicyclic amines) is 1. The first-order valence-electron chi connectivity index (χ1n) is 8.42. The molecular weight excluding hydrogens is 449 g/mol. The fourth-order valence-corrected chi connectivity index (χ4v) is 4.22. The highest BCUT2D eigenvalue weighted by Gasteiger charge is 2.37. The second-order valence-corrected chi connectivity index (χ2v) is 8.20. The van der Waals surface area contributed by atoms with Crippen molar-refractivity contribution < 1.29 is 8.78 Å². The molecule has 0 unspecified atom stereocenters. The zero-order valence-electron chi connectivity index (χ0n) is 13.7. The minimum Gasteiger partial charge on any atom is -0.366 e. The summed E-state index contributed by atoms with van der Waals surface area (Å²) in [5.41, 5.74) is 0.876. The topological polar surface area (TPSA) is 41.1 Å². The molecule has 8 heteroatoms. The van der Waals surface area contributed by atoms with E-state index in [0.29, 0.717) is 25.2 Å². The monoisotopic (exact) mass is 470 g/mol. The molecule has 0 spiro atoms. The molecule has 1 N–H and O–H groups in total. The summed E-state index contributed by atoms with van der Waals surface area (Å²) >= 11 is 8.19.